The van der Waals surface area contributed by atoms with Crippen LogP contribution in [0.2, 0.25) is 0 Å². The van der Waals surface area contributed by atoms with E-state index in [0.717, 1.165) is 15.6 Å². The molecule has 1 atom stereocenters. The summed E-state index contributed by atoms with van der Waals surface area (Å²) in [5, 5.41) is 2.76. The Kier molecular flexibility index (Phi) is 6.98. The summed E-state index contributed by atoms with van der Waals surface area (Å²) in [6.45, 7) is 5.89. The highest BCUT2D eigenvalue weighted by atomic mass is 32.2. The van der Waals surface area contributed by atoms with Crippen LogP contribution in [0.3, 0.4) is 0 Å². The van der Waals surface area contributed by atoms with Gasteiger partial charge in [0.2, 0.25) is 15.9 Å². The zero-order chi connectivity index (χ0) is 20.0. The van der Waals surface area contributed by atoms with Gasteiger partial charge < -0.3 is 10.1 Å². The molecular formula is C20H26N2O4S. The Morgan fingerprint density at radius 2 is 1.78 bits per heavy atom. The minimum atomic E-state index is -3.69. The minimum Gasteiger partial charge on any atom is -0.491 e. The van der Waals surface area contributed by atoms with Crippen LogP contribution >= 0.6 is 0 Å². The molecule has 0 aliphatic carbocycles. The van der Waals surface area contributed by atoms with Gasteiger partial charge in [-0.2, -0.15) is 4.31 Å². The van der Waals surface area contributed by atoms with Crippen LogP contribution < -0.4 is 10.1 Å². The van der Waals surface area contributed by atoms with Gasteiger partial charge in [0.15, 0.2) is 0 Å². The van der Waals surface area contributed by atoms with Crippen LogP contribution in [0.1, 0.15) is 18.1 Å². The highest BCUT2D eigenvalue weighted by Gasteiger charge is 2.23. The number of carbonyl (C=O) groups is 1. The molecule has 0 saturated carbocycles. The van der Waals surface area contributed by atoms with E-state index in [2.05, 4.69) is 5.32 Å². The van der Waals surface area contributed by atoms with Crippen molar-refractivity contribution >= 4 is 15.9 Å². The summed E-state index contributed by atoms with van der Waals surface area (Å²) in [6, 6.07) is 13.6. The summed E-state index contributed by atoms with van der Waals surface area (Å²) in [4.78, 5) is 12.3. The van der Waals surface area contributed by atoms with Crippen LogP contribution in [0, 0.1) is 13.8 Å². The molecule has 2 rings (SSSR count). The molecule has 0 heterocycles. The first-order valence-corrected chi connectivity index (χ1v) is 10.1. The van der Waals surface area contributed by atoms with Gasteiger partial charge in [0, 0.05) is 7.05 Å². The summed E-state index contributed by atoms with van der Waals surface area (Å²) in [6.07, 6.45) is 0. The van der Waals surface area contributed by atoms with E-state index in [4.69, 9.17) is 4.74 Å². The first-order valence-electron chi connectivity index (χ1n) is 8.71. The number of carbonyl (C=O) groups excluding carboxylic acids is 1. The van der Waals surface area contributed by atoms with Gasteiger partial charge in [-0.25, -0.2) is 8.42 Å². The van der Waals surface area contributed by atoms with Crippen LogP contribution in [0.15, 0.2) is 53.4 Å². The maximum atomic E-state index is 12.4. The van der Waals surface area contributed by atoms with E-state index in [1.807, 2.05) is 39.0 Å². The molecule has 0 aliphatic heterocycles. The third-order valence-corrected chi connectivity index (χ3v) is 6.02. The van der Waals surface area contributed by atoms with E-state index >= 15 is 0 Å². The largest absolute Gasteiger partial charge is 0.491 e. The van der Waals surface area contributed by atoms with Crippen LogP contribution in [0.4, 0.5) is 0 Å². The average molecular weight is 391 g/mol. The molecule has 1 amide bonds. The van der Waals surface area contributed by atoms with Crippen molar-refractivity contribution in [1.82, 2.24) is 9.62 Å². The molecule has 146 valence electrons. The third kappa shape index (κ3) is 5.80. The van der Waals surface area contributed by atoms with Crippen molar-refractivity contribution in [1.29, 1.82) is 0 Å². The fourth-order valence-electron chi connectivity index (χ4n) is 2.45. The molecular weight excluding hydrogens is 364 g/mol. The number of rotatable bonds is 8. The zero-order valence-electron chi connectivity index (χ0n) is 16.1. The SMILES string of the molecule is Cc1ccc(OCC(C)NC(=O)CN(C)S(=O)(=O)c2ccccc2)cc1C. The number of hydrogen-bond acceptors (Lipinski definition) is 4. The molecule has 0 aliphatic rings. The van der Waals surface area contributed by atoms with Crippen molar-refractivity contribution in [3.8, 4) is 5.75 Å². The van der Waals surface area contributed by atoms with Gasteiger partial charge in [-0.05, 0) is 56.2 Å². The number of ether oxygens (including phenoxy) is 1. The lowest BCUT2D eigenvalue weighted by molar-refractivity contribution is -0.121. The van der Waals surface area contributed by atoms with Gasteiger partial charge in [0.05, 0.1) is 17.5 Å². The Balaban J connectivity index is 1.86. The van der Waals surface area contributed by atoms with E-state index in [0.29, 0.717) is 6.61 Å². The standard InChI is InChI=1S/C20H26N2O4S/c1-15-10-11-18(12-16(15)2)26-14-17(3)21-20(23)13-22(4)27(24,25)19-8-6-5-7-9-19/h5-12,17H,13-14H2,1-4H3,(H,21,23). The fraction of sp³-hybridized carbons (Fsp3) is 0.350. The first-order chi connectivity index (χ1) is 12.7. The molecule has 27 heavy (non-hydrogen) atoms. The van der Waals surface area contributed by atoms with Crippen molar-refractivity contribution < 1.29 is 17.9 Å². The topological polar surface area (TPSA) is 75.7 Å². The Labute approximate surface area is 161 Å². The number of hydrogen-bond donors (Lipinski definition) is 1. The number of benzene rings is 2. The van der Waals surface area contributed by atoms with E-state index in [1.165, 1.54) is 24.7 Å². The average Bonchev–Trinajstić information content (AvgIpc) is 2.63. The highest BCUT2D eigenvalue weighted by Crippen LogP contribution is 2.16. The monoisotopic (exact) mass is 390 g/mol. The fourth-order valence-corrected chi connectivity index (χ4v) is 3.59. The molecule has 2 aromatic rings. The Bertz CT molecular complexity index is 882. The van der Waals surface area contributed by atoms with Gasteiger partial charge in [-0.1, -0.05) is 24.3 Å². The maximum Gasteiger partial charge on any atom is 0.243 e. The summed E-state index contributed by atoms with van der Waals surface area (Å²) in [5.74, 6) is 0.358. The van der Waals surface area contributed by atoms with E-state index in [1.54, 1.807) is 18.2 Å². The zero-order valence-corrected chi connectivity index (χ0v) is 16.9. The van der Waals surface area contributed by atoms with Gasteiger partial charge in [0.1, 0.15) is 12.4 Å². The molecule has 0 radical (unpaired) electrons. The predicted molar refractivity (Wildman–Crippen MR) is 105 cm³/mol. The lowest BCUT2D eigenvalue weighted by Crippen LogP contribution is -2.43. The van der Waals surface area contributed by atoms with Gasteiger partial charge >= 0.3 is 0 Å². The Morgan fingerprint density at radius 3 is 2.41 bits per heavy atom. The number of nitrogens with one attached hydrogen (secondary N) is 1. The predicted octanol–water partition coefficient (Wildman–Crippen LogP) is 2.51. The lowest BCUT2D eigenvalue weighted by atomic mass is 10.1. The van der Waals surface area contributed by atoms with Crippen LogP contribution in [-0.4, -0.2) is 44.9 Å². The molecule has 1 unspecified atom stereocenters. The molecule has 1 N–H and O–H groups in total. The molecule has 0 saturated heterocycles. The summed E-state index contributed by atoms with van der Waals surface area (Å²) in [7, 11) is -2.31. The van der Waals surface area contributed by atoms with Crippen molar-refractivity contribution in [2.45, 2.75) is 31.7 Å². The molecule has 0 bridgehead atoms. The third-order valence-electron chi connectivity index (χ3n) is 4.20. The number of likely N-dealkylation sites (N-methyl/N-ethyl adjacent to an activating group) is 1. The van der Waals surface area contributed by atoms with Gasteiger partial charge in [0.25, 0.3) is 0 Å². The summed E-state index contributed by atoms with van der Waals surface area (Å²) < 4.78 is 31.6. The second kappa shape index (κ2) is 9.01. The van der Waals surface area contributed by atoms with Crippen molar-refractivity contribution in [2.75, 3.05) is 20.2 Å². The van der Waals surface area contributed by atoms with Crippen molar-refractivity contribution in [3.05, 3.63) is 59.7 Å². The van der Waals surface area contributed by atoms with Crippen LogP contribution in [0.5, 0.6) is 5.75 Å². The van der Waals surface area contributed by atoms with Crippen molar-refractivity contribution in [2.24, 2.45) is 0 Å². The lowest BCUT2D eigenvalue weighted by Gasteiger charge is -2.19. The van der Waals surface area contributed by atoms with Crippen molar-refractivity contribution in [3.63, 3.8) is 0 Å². The summed E-state index contributed by atoms with van der Waals surface area (Å²) >= 11 is 0. The van der Waals surface area contributed by atoms with E-state index < -0.39 is 10.0 Å². The van der Waals surface area contributed by atoms with E-state index in [-0.39, 0.29) is 23.4 Å². The second-order valence-electron chi connectivity index (χ2n) is 6.60. The number of aryl methyl sites for hydroxylation is 2. The Morgan fingerprint density at radius 1 is 1.11 bits per heavy atom. The maximum absolute atomic E-state index is 12.4. The van der Waals surface area contributed by atoms with E-state index in [9.17, 15) is 13.2 Å². The van der Waals surface area contributed by atoms with Gasteiger partial charge in [-0.15, -0.1) is 0 Å². The van der Waals surface area contributed by atoms with Crippen LogP contribution in [0.25, 0.3) is 0 Å². The molecule has 0 aromatic heterocycles. The van der Waals surface area contributed by atoms with Gasteiger partial charge in [-0.3, -0.25) is 4.79 Å². The molecule has 6 nitrogen and oxygen atoms in total. The molecule has 0 spiro atoms. The number of nitrogens with zero attached hydrogens (tertiary/aromatic N) is 1. The number of sulfonamides is 1. The molecule has 2 aromatic carbocycles. The smallest absolute Gasteiger partial charge is 0.243 e. The number of amides is 1. The normalized spacial score (nSPS) is 12.6. The van der Waals surface area contributed by atoms with Crippen LogP contribution in [-0.2, 0) is 14.8 Å². The molecule has 0 fully saturated rings. The second-order valence-corrected chi connectivity index (χ2v) is 8.64. The first kappa shape index (κ1) is 20.9. The Hall–Kier alpha value is -2.38. The highest BCUT2D eigenvalue weighted by molar-refractivity contribution is 7.89. The minimum absolute atomic E-state index is 0.159. The summed E-state index contributed by atoms with van der Waals surface area (Å²) in [5.41, 5.74) is 2.32. The molecule has 7 heteroatoms. The quantitative estimate of drug-likeness (QED) is 0.751.